The zero-order chi connectivity index (χ0) is 23.7. The molecule has 1 atom stereocenters. The molecular formula is C26H24N4O3S. The fourth-order valence-corrected chi connectivity index (χ4v) is 4.66. The molecular weight excluding hydrogens is 448 g/mol. The number of allylic oxidation sites excluding steroid dienone is 1. The molecule has 1 aliphatic heterocycles. The molecule has 2 aromatic heterocycles. The Balaban J connectivity index is 1.58. The molecule has 0 radical (unpaired) electrons. The van der Waals surface area contributed by atoms with Gasteiger partial charge in [-0.2, -0.15) is 4.98 Å². The smallest absolute Gasteiger partial charge is 0.322 e. The highest BCUT2D eigenvalue weighted by molar-refractivity contribution is 7.13. The van der Waals surface area contributed by atoms with E-state index in [-0.39, 0.29) is 6.03 Å². The van der Waals surface area contributed by atoms with E-state index in [0.717, 1.165) is 33.0 Å². The molecule has 4 aromatic rings. The third kappa shape index (κ3) is 4.20. The van der Waals surface area contributed by atoms with Crippen molar-refractivity contribution in [3.8, 4) is 16.5 Å². The lowest BCUT2D eigenvalue weighted by Gasteiger charge is -2.35. The first-order chi connectivity index (χ1) is 16.5. The maximum absolute atomic E-state index is 13.2. The van der Waals surface area contributed by atoms with E-state index < -0.39 is 6.04 Å². The molecule has 0 saturated carbocycles. The predicted octanol–water partition coefficient (Wildman–Crippen LogP) is 5.81. The molecule has 1 N–H and O–H groups in total. The van der Waals surface area contributed by atoms with E-state index in [1.54, 1.807) is 23.3 Å². The second-order valence-corrected chi connectivity index (χ2v) is 9.07. The maximum Gasteiger partial charge on any atom is 0.322 e. The van der Waals surface area contributed by atoms with E-state index in [2.05, 4.69) is 15.5 Å². The zero-order valence-corrected chi connectivity index (χ0v) is 19.9. The number of carbonyl (C=O) groups is 1. The van der Waals surface area contributed by atoms with Gasteiger partial charge in [0.15, 0.2) is 0 Å². The van der Waals surface area contributed by atoms with Gasteiger partial charge in [-0.15, -0.1) is 11.3 Å². The van der Waals surface area contributed by atoms with Crippen LogP contribution in [0.25, 0.3) is 16.3 Å². The highest BCUT2D eigenvalue weighted by atomic mass is 32.1. The van der Waals surface area contributed by atoms with Crippen molar-refractivity contribution < 1.29 is 14.1 Å². The minimum Gasteiger partial charge on any atom is -0.497 e. The first-order valence-corrected chi connectivity index (χ1v) is 11.8. The summed E-state index contributed by atoms with van der Waals surface area (Å²) in [6.07, 6.45) is 0. The number of hydrogen-bond donors (Lipinski definition) is 1. The predicted molar refractivity (Wildman–Crippen MR) is 131 cm³/mol. The standard InChI is InChI=1S/C26H24N4O3S/c1-16-6-8-18(9-7-16)15-30-17(2)22(25-28-24(29-33-25)21-5-4-14-34-21)23(27-26(30)31)19-10-12-20(32-3)13-11-19/h4-14,23H,15H2,1-3H3,(H,27,31). The number of methoxy groups -OCH3 is 1. The van der Waals surface area contributed by atoms with Gasteiger partial charge in [0.05, 0.1) is 30.1 Å². The van der Waals surface area contributed by atoms with Gasteiger partial charge >= 0.3 is 6.03 Å². The Kier molecular flexibility index (Phi) is 5.90. The fourth-order valence-electron chi connectivity index (χ4n) is 4.01. The van der Waals surface area contributed by atoms with Gasteiger partial charge in [-0.1, -0.05) is 53.2 Å². The summed E-state index contributed by atoms with van der Waals surface area (Å²) in [7, 11) is 1.63. The lowest BCUT2D eigenvalue weighted by atomic mass is 9.94. The van der Waals surface area contributed by atoms with Crippen molar-refractivity contribution in [2.24, 2.45) is 0 Å². The molecule has 1 unspecified atom stereocenters. The summed E-state index contributed by atoms with van der Waals surface area (Å²) in [6.45, 7) is 4.40. The number of rotatable bonds is 6. The average molecular weight is 473 g/mol. The Hall–Kier alpha value is -3.91. The molecule has 0 saturated heterocycles. The minimum atomic E-state index is -0.440. The summed E-state index contributed by atoms with van der Waals surface area (Å²) in [6, 6.07) is 19.1. The quantitative estimate of drug-likeness (QED) is 0.383. The Bertz CT molecular complexity index is 1330. The van der Waals surface area contributed by atoms with Crippen LogP contribution >= 0.6 is 11.3 Å². The number of hydrogen-bond acceptors (Lipinski definition) is 6. The normalized spacial score (nSPS) is 16.0. The molecule has 0 fully saturated rings. The van der Waals surface area contributed by atoms with E-state index >= 15 is 0 Å². The summed E-state index contributed by atoms with van der Waals surface area (Å²) < 4.78 is 11.0. The Morgan fingerprint density at radius 3 is 2.53 bits per heavy atom. The fraction of sp³-hybridized carbons (Fsp3) is 0.192. The highest BCUT2D eigenvalue weighted by Crippen LogP contribution is 2.38. The van der Waals surface area contributed by atoms with Gasteiger partial charge in [-0.3, -0.25) is 4.90 Å². The zero-order valence-electron chi connectivity index (χ0n) is 19.1. The number of nitrogens with one attached hydrogen (secondary N) is 1. The Labute approximate surface area is 201 Å². The average Bonchev–Trinajstić information content (AvgIpc) is 3.55. The van der Waals surface area contributed by atoms with Gasteiger partial charge in [0.1, 0.15) is 5.75 Å². The number of thiophene rings is 1. The molecule has 1 aliphatic rings. The van der Waals surface area contributed by atoms with E-state index in [9.17, 15) is 4.79 Å². The number of nitrogens with zero attached hydrogens (tertiary/aromatic N) is 3. The number of carbonyl (C=O) groups excluding carboxylic acids is 1. The van der Waals surface area contributed by atoms with Gasteiger partial charge in [0, 0.05) is 5.70 Å². The Morgan fingerprint density at radius 2 is 1.85 bits per heavy atom. The van der Waals surface area contributed by atoms with Crippen LogP contribution in [0.5, 0.6) is 5.75 Å². The van der Waals surface area contributed by atoms with Crippen LogP contribution in [-0.4, -0.2) is 28.2 Å². The molecule has 34 heavy (non-hydrogen) atoms. The van der Waals surface area contributed by atoms with Crippen molar-refractivity contribution in [3.63, 3.8) is 0 Å². The molecule has 3 heterocycles. The van der Waals surface area contributed by atoms with Crippen molar-refractivity contribution >= 4 is 22.9 Å². The van der Waals surface area contributed by atoms with E-state index in [1.807, 2.05) is 79.9 Å². The lowest BCUT2D eigenvalue weighted by Crippen LogP contribution is -2.45. The molecule has 0 bridgehead atoms. The monoisotopic (exact) mass is 472 g/mol. The minimum absolute atomic E-state index is 0.180. The number of urea groups is 1. The van der Waals surface area contributed by atoms with Crippen molar-refractivity contribution in [3.05, 3.63) is 94.3 Å². The number of aromatic nitrogens is 2. The molecule has 8 heteroatoms. The molecule has 172 valence electrons. The van der Waals surface area contributed by atoms with E-state index in [0.29, 0.717) is 18.3 Å². The van der Waals surface area contributed by atoms with Gasteiger partial charge in [0.2, 0.25) is 5.82 Å². The second kappa shape index (κ2) is 9.15. The molecule has 2 amide bonds. The van der Waals surface area contributed by atoms with Crippen LogP contribution in [0, 0.1) is 6.92 Å². The van der Waals surface area contributed by atoms with Crippen molar-refractivity contribution in [2.45, 2.75) is 26.4 Å². The Morgan fingerprint density at radius 1 is 1.09 bits per heavy atom. The third-order valence-electron chi connectivity index (χ3n) is 5.90. The maximum atomic E-state index is 13.2. The van der Waals surface area contributed by atoms with Crippen molar-refractivity contribution in [1.82, 2.24) is 20.4 Å². The molecule has 0 aliphatic carbocycles. The molecule has 0 spiro atoms. The van der Waals surface area contributed by atoms with Crippen LogP contribution in [0.2, 0.25) is 0 Å². The number of ether oxygens (including phenoxy) is 1. The summed E-state index contributed by atoms with van der Waals surface area (Å²) >= 11 is 1.55. The van der Waals surface area contributed by atoms with Crippen molar-refractivity contribution in [2.75, 3.05) is 7.11 Å². The summed E-state index contributed by atoms with van der Waals surface area (Å²) in [4.78, 5) is 20.6. The molecule has 5 rings (SSSR count). The van der Waals surface area contributed by atoms with Crippen LogP contribution in [0.3, 0.4) is 0 Å². The van der Waals surface area contributed by atoms with Gasteiger partial charge in [-0.05, 0) is 48.6 Å². The lowest BCUT2D eigenvalue weighted by molar-refractivity contribution is 0.203. The SMILES string of the molecule is COc1ccc(C2NC(=O)N(Cc3ccc(C)cc3)C(C)=C2c2nc(-c3cccs3)no2)cc1. The summed E-state index contributed by atoms with van der Waals surface area (Å²) in [5.74, 6) is 1.66. The van der Waals surface area contributed by atoms with Gasteiger partial charge < -0.3 is 14.6 Å². The van der Waals surface area contributed by atoms with E-state index in [4.69, 9.17) is 9.26 Å². The number of aryl methyl sites for hydroxylation is 1. The number of benzene rings is 2. The summed E-state index contributed by atoms with van der Waals surface area (Å²) in [5.41, 5.74) is 4.64. The topological polar surface area (TPSA) is 80.5 Å². The molecule has 7 nitrogen and oxygen atoms in total. The van der Waals surface area contributed by atoms with E-state index in [1.165, 1.54) is 5.56 Å². The number of amides is 2. The first-order valence-electron chi connectivity index (χ1n) is 10.9. The summed E-state index contributed by atoms with van der Waals surface area (Å²) in [5, 5.41) is 9.31. The highest BCUT2D eigenvalue weighted by Gasteiger charge is 2.35. The second-order valence-electron chi connectivity index (χ2n) is 8.13. The largest absolute Gasteiger partial charge is 0.497 e. The van der Waals surface area contributed by atoms with Gasteiger partial charge in [0.25, 0.3) is 5.89 Å². The van der Waals surface area contributed by atoms with Crippen LogP contribution in [0.1, 0.15) is 35.5 Å². The van der Waals surface area contributed by atoms with Gasteiger partial charge in [-0.25, -0.2) is 4.79 Å². The van der Waals surface area contributed by atoms with Crippen LogP contribution < -0.4 is 10.1 Å². The van der Waals surface area contributed by atoms with Crippen LogP contribution in [0.4, 0.5) is 4.79 Å². The first kappa shape index (κ1) is 21.9. The third-order valence-corrected chi connectivity index (χ3v) is 6.77. The van der Waals surface area contributed by atoms with Crippen LogP contribution in [-0.2, 0) is 6.54 Å². The van der Waals surface area contributed by atoms with Crippen LogP contribution in [0.15, 0.2) is 76.3 Å². The molecule has 2 aromatic carbocycles. The van der Waals surface area contributed by atoms with Crippen molar-refractivity contribution in [1.29, 1.82) is 0 Å².